The molecule has 0 aliphatic heterocycles. The van der Waals surface area contributed by atoms with E-state index in [2.05, 4.69) is 21.0 Å². The molecule has 3 fully saturated rings. The summed E-state index contributed by atoms with van der Waals surface area (Å²) in [5.74, 6) is -0.648. The maximum absolute atomic E-state index is 10.9. The predicted octanol–water partition coefficient (Wildman–Crippen LogP) is 1.61. The van der Waals surface area contributed by atoms with Crippen LogP contribution in [0.1, 0.15) is 19.3 Å². The fourth-order valence-corrected chi connectivity index (χ4v) is 3.05. The zero-order valence-corrected chi connectivity index (χ0v) is 8.99. The van der Waals surface area contributed by atoms with Gasteiger partial charge in [-0.2, -0.15) is 5.10 Å². The molecular formula is C9H9BrN2O2. The Labute approximate surface area is 89.0 Å². The van der Waals surface area contributed by atoms with Gasteiger partial charge in [0.25, 0.3) is 0 Å². The molecule has 1 heterocycles. The Balaban J connectivity index is 1.84. The molecule has 0 atom stereocenters. The third-order valence-electron chi connectivity index (χ3n) is 3.49. The number of hydrogen-bond donors (Lipinski definition) is 1. The van der Waals surface area contributed by atoms with E-state index in [0.29, 0.717) is 0 Å². The highest BCUT2D eigenvalue weighted by molar-refractivity contribution is 9.10. The van der Waals surface area contributed by atoms with Gasteiger partial charge in [0.2, 0.25) is 0 Å². The second kappa shape index (κ2) is 2.21. The topological polar surface area (TPSA) is 55.1 Å². The van der Waals surface area contributed by atoms with Gasteiger partial charge >= 0.3 is 5.97 Å². The van der Waals surface area contributed by atoms with E-state index in [9.17, 15) is 4.79 Å². The number of aliphatic carboxylic acids is 1. The summed E-state index contributed by atoms with van der Waals surface area (Å²) < 4.78 is 2.86. The molecule has 0 unspecified atom stereocenters. The number of nitrogens with zero attached hydrogens (tertiary/aromatic N) is 2. The highest BCUT2D eigenvalue weighted by Crippen LogP contribution is 2.71. The second-order valence-corrected chi connectivity index (χ2v) is 5.36. The lowest BCUT2D eigenvalue weighted by Gasteiger charge is -2.67. The monoisotopic (exact) mass is 256 g/mol. The first-order valence-corrected chi connectivity index (χ1v) is 5.30. The highest BCUT2D eigenvalue weighted by Gasteiger charge is 2.73. The average Bonchev–Trinajstić information content (AvgIpc) is 2.28. The summed E-state index contributed by atoms with van der Waals surface area (Å²) in [6.07, 6.45) is 5.88. The van der Waals surface area contributed by atoms with E-state index in [-0.39, 0.29) is 5.54 Å². The van der Waals surface area contributed by atoms with Crippen molar-refractivity contribution in [3.05, 3.63) is 16.9 Å². The molecule has 4 rings (SSSR count). The average molecular weight is 257 g/mol. The number of halogens is 1. The SMILES string of the molecule is O=C(O)C12CC(n3cc(Br)cn3)(C1)C2. The molecule has 0 spiro atoms. The number of carboxylic acid groups (broad SMARTS) is 1. The molecular weight excluding hydrogens is 248 g/mol. The van der Waals surface area contributed by atoms with Crippen LogP contribution in [-0.2, 0) is 10.3 Å². The van der Waals surface area contributed by atoms with Crippen molar-refractivity contribution in [2.75, 3.05) is 0 Å². The fraction of sp³-hybridized carbons (Fsp3) is 0.556. The largest absolute Gasteiger partial charge is 0.481 e. The molecule has 74 valence electrons. The minimum absolute atomic E-state index is 0.0183. The molecule has 3 saturated carbocycles. The van der Waals surface area contributed by atoms with Gasteiger partial charge in [-0.3, -0.25) is 9.48 Å². The van der Waals surface area contributed by atoms with Gasteiger partial charge in [-0.1, -0.05) is 0 Å². The third-order valence-corrected chi connectivity index (χ3v) is 3.90. The molecule has 3 aliphatic rings. The maximum atomic E-state index is 10.9. The van der Waals surface area contributed by atoms with Crippen molar-refractivity contribution in [2.45, 2.75) is 24.8 Å². The quantitative estimate of drug-likeness (QED) is 0.875. The Kier molecular flexibility index (Phi) is 1.34. The van der Waals surface area contributed by atoms with Crippen molar-refractivity contribution in [3.63, 3.8) is 0 Å². The Bertz CT molecular complexity index is 406. The van der Waals surface area contributed by atoms with Crippen LogP contribution in [0, 0.1) is 5.41 Å². The minimum Gasteiger partial charge on any atom is -0.481 e. The minimum atomic E-state index is -0.648. The number of rotatable bonds is 2. The number of hydrogen-bond acceptors (Lipinski definition) is 2. The zero-order chi connectivity index (χ0) is 9.97. The smallest absolute Gasteiger partial charge is 0.309 e. The van der Waals surface area contributed by atoms with Crippen LogP contribution in [0.2, 0.25) is 0 Å². The van der Waals surface area contributed by atoms with E-state index in [1.807, 2.05) is 10.9 Å². The molecule has 1 aromatic heterocycles. The standard InChI is InChI=1S/C9H9BrN2O2/c10-6-1-11-12(2-6)9-3-8(4-9,5-9)7(13)14/h1-2H,3-5H2,(H,13,14). The molecule has 0 radical (unpaired) electrons. The first kappa shape index (κ1) is 8.47. The third kappa shape index (κ3) is 0.791. The summed E-state index contributed by atoms with van der Waals surface area (Å²) >= 11 is 3.34. The summed E-state index contributed by atoms with van der Waals surface area (Å²) in [4.78, 5) is 10.9. The van der Waals surface area contributed by atoms with E-state index < -0.39 is 11.4 Å². The Morgan fingerprint density at radius 3 is 2.64 bits per heavy atom. The maximum Gasteiger partial charge on any atom is 0.309 e. The van der Waals surface area contributed by atoms with Gasteiger partial charge in [0.15, 0.2) is 0 Å². The molecule has 4 nitrogen and oxygen atoms in total. The van der Waals surface area contributed by atoms with E-state index in [0.717, 1.165) is 23.7 Å². The lowest BCUT2D eigenvalue weighted by molar-refractivity contribution is -0.216. The van der Waals surface area contributed by atoms with Crippen molar-refractivity contribution >= 4 is 21.9 Å². The van der Waals surface area contributed by atoms with E-state index >= 15 is 0 Å². The highest BCUT2D eigenvalue weighted by atomic mass is 79.9. The summed E-state index contributed by atoms with van der Waals surface area (Å²) in [6.45, 7) is 0. The van der Waals surface area contributed by atoms with E-state index in [1.54, 1.807) is 6.20 Å². The summed E-state index contributed by atoms with van der Waals surface area (Å²) in [5, 5.41) is 13.2. The molecule has 14 heavy (non-hydrogen) atoms. The Morgan fingerprint density at radius 2 is 2.21 bits per heavy atom. The lowest BCUT2D eigenvalue weighted by atomic mass is 9.39. The molecule has 5 heteroatoms. The molecule has 3 aliphatic carbocycles. The van der Waals surface area contributed by atoms with Crippen molar-refractivity contribution < 1.29 is 9.90 Å². The molecule has 0 saturated heterocycles. The van der Waals surface area contributed by atoms with Gasteiger partial charge in [0.1, 0.15) is 0 Å². The van der Waals surface area contributed by atoms with E-state index in [1.165, 1.54) is 0 Å². The number of aromatic nitrogens is 2. The van der Waals surface area contributed by atoms with Crippen LogP contribution in [0.15, 0.2) is 16.9 Å². The van der Waals surface area contributed by atoms with Crippen molar-refractivity contribution in [3.8, 4) is 0 Å². The number of carboxylic acids is 1. The molecule has 0 aromatic carbocycles. The van der Waals surface area contributed by atoms with Gasteiger partial charge in [0.05, 0.1) is 21.6 Å². The Morgan fingerprint density at radius 1 is 1.57 bits per heavy atom. The summed E-state index contributed by atoms with van der Waals surface area (Å²) in [6, 6.07) is 0. The molecule has 2 bridgehead atoms. The molecule has 1 N–H and O–H groups in total. The van der Waals surface area contributed by atoms with Crippen LogP contribution in [-0.4, -0.2) is 20.9 Å². The van der Waals surface area contributed by atoms with Gasteiger partial charge < -0.3 is 5.11 Å². The van der Waals surface area contributed by atoms with Crippen molar-refractivity contribution in [2.24, 2.45) is 5.41 Å². The molecule has 0 amide bonds. The van der Waals surface area contributed by atoms with E-state index in [4.69, 9.17) is 5.11 Å². The van der Waals surface area contributed by atoms with Crippen LogP contribution in [0.5, 0.6) is 0 Å². The fourth-order valence-electron chi connectivity index (χ4n) is 2.76. The van der Waals surface area contributed by atoms with Crippen molar-refractivity contribution in [1.29, 1.82) is 0 Å². The van der Waals surface area contributed by atoms with Gasteiger partial charge in [-0.25, -0.2) is 0 Å². The zero-order valence-electron chi connectivity index (χ0n) is 7.40. The predicted molar refractivity (Wildman–Crippen MR) is 51.8 cm³/mol. The Hall–Kier alpha value is -0.840. The first-order valence-electron chi connectivity index (χ1n) is 4.51. The van der Waals surface area contributed by atoms with Crippen LogP contribution in [0.3, 0.4) is 0 Å². The van der Waals surface area contributed by atoms with Crippen LogP contribution < -0.4 is 0 Å². The van der Waals surface area contributed by atoms with Crippen LogP contribution >= 0.6 is 15.9 Å². The summed E-state index contributed by atoms with van der Waals surface area (Å²) in [7, 11) is 0. The van der Waals surface area contributed by atoms with Crippen molar-refractivity contribution in [1.82, 2.24) is 9.78 Å². The van der Waals surface area contributed by atoms with Gasteiger partial charge in [-0.05, 0) is 35.2 Å². The van der Waals surface area contributed by atoms with Crippen LogP contribution in [0.25, 0.3) is 0 Å². The normalized spacial score (nSPS) is 38.6. The number of carbonyl (C=O) groups is 1. The van der Waals surface area contributed by atoms with Gasteiger partial charge in [-0.15, -0.1) is 0 Å². The van der Waals surface area contributed by atoms with Crippen LogP contribution in [0.4, 0.5) is 0 Å². The first-order chi connectivity index (χ1) is 6.56. The van der Waals surface area contributed by atoms with Gasteiger partial charge in [0, 0.05) is 6.20 Å². The summed E-state index contributed by atoms with van der Waals surface area (Å²) in [5.41, 5.74) is -0.400. The molecule has 1 aromatic rings. The second-order valence-electron chi connectivity index (χ2n) is 4.44. The lowest BCUT2D eigenvalue weighted by Crippen LogP contribution is -2.70.